The van der Waals surface area contributed by atoms with E-state index in [9.17, 15) is 19.5 Å². The Morgan fingerprint density at radius 1 is 0.829 bits per heavy atom. The van der Waals surface area contributed by atoms with Crippen molar-refractivity contribution in [2.45, 2.75) is 24.5 Å². The largest absolute Gasteiger partial charge is 0.481 e. The van der Waals surface area contributed by atoms with Gasteiger partial charge in [0.2, 0.25) is 0 Å². The van der Waals surface area contributed by atoms with Crippen LogP contribution in [0.4, 0.5) is 0 Å². The molecule has 1 N–H and O–H groups in total. The van der Waals surface area contributed by atoms with Crippen LogP contribution in [-0.2, 0) is 11.2 Å². The number of rotatable bonds is 8. The fourth-order valence-electron chi connectivity index (χ4n) is 5.26. The summed E-state index contributed by atoms with van der Waals surface area (Å²) in [5.41, 5.74) is 4.41. The Morgan fingerprint density at radius 2 is 1.43 bits per heavy atom. The number of amides is 2. The van der Waals surface area contributed by atoms with Crippen LogP contribution in [0.3, 0.4) is 0 Å². The van der Waals surface area contributed by atoms with Crippen molar-refractivity contribution in [2.75, 3.05) is 12.3 Å². The van der Waals surface area contributed by atoms with Gasteiger partial charge in [-0.3, -0.25) is 19.3 Å². The summed E-state index contributed by atoms with van der Waals surface area (Å²) >= 11 is 1.70. The number of carboxylic acid groups (broad SMARTS) is 1. The Morgan fingerprint density at radius 3 is 2.06 bits per heavy atom. The molecule has 3 atom stereocenters. The fraction of sp³-hybridized carbons (Fsp3) is 0.276. The van der Waals surface area contributed by atoms with E-state index in [-0.39, 0.29) is 29.5 Å². The van der Waals surface area contributed by atoms with Gasteiger partial charge in [0, 0.05) is 11.8 Å². The molecule has 0 spiro atoms. The topological polar surface area (TPSA) is 74.7 Å². The third-order valence-corrected chi connectivity index (χ3v) is 8.49. The molecule has 0 unspecified atom stereocenters. The van der Waals surface area contributed by atoms with Crippen LogP contribution in [0.2, 0.25) is 0 Å². The molecule has 3 aromatic carbocycles. The zero-order valence-electron chi connectivity index (χ0n) is 19.3. The van der Waals surface area contributed by atoms with E-state index in [1.807, 2.05) is 18.2 Å². The van der Waals surface area contributed by atoms with Gasteiger partial charge in [0.05, 0.1) is 17.0 Å². The second-order valence-electron chi connectivity index (χ2n) is 9.19. The first-order valence-electron chi connectivity index (χ1n) is 12.0. The molecule has 3 aromatic rings. The lowest BCUT2D eigenvalue weighted by molar-refractivity contribution is -0.142. The summed E-state index contributed by atoms with van der Waals surface area (Å²) in [4.78, 5) is 38.9. The molecule has 1 aliphatic carbocycles. The van der Waals surface area contributed by atoms with Crippen molar-refractivity contribution in [1.29, 1.82) is 0 Å². The number of carbonyl (C=O) groups excluding carboxylic acids is 2. The third kappa shape index (κ3) is 4.76. The molecule has 1 heterocycles. The fourth-order valence-corrected chi connectivity index (χ4v) is 6.76. The van der Waals surface area contributed by atoms with Crippen molar-refractivity contribution in [3.8, 4) is 11.1 Å². The molecule has 0 saturated heterocycles. The molecule has 5 rings (SSSR count). The Kier molecular flexibility index (Phi) is 6.73. The summed E-state index contributed by atoms with van der Waals surface area (Å²) in [6, 6.07) is 25.6. The smallest absolute Gasteiger partial charge is 0.307 e. The maximum Gasteiger partial charge on any atom is 0.307 e. The van der Waals surface area contributed by atoms with E-state index in [4.69, 9.17) is 0 Å². The van der Waals surface area contributed by atoms with Gasteiger partial charge in [-0.25, -0.2) is 0 Å². The molecular weight excluding hydrogens is 458 g/mol. The molecule has 2 aliphatic rings. The van der Waals surface area contributed by atoms with Gasteiger partial charge in [-0.1, -0.05) is 66.7 Å². The van der Waals surface area contributed by atoms with Crippen LogP contribution in [-0.4, -0.2) is 45.3 Å². The minimum atomic E-state index is -0.839. The number of aryl methyl sites for hydroxylation is 1. The number of imide groups is 1. The summed E-state index contributed by atoms with van der Waals surface area (Å²) < 4.78 is 0. The minimum Gasteiger partial charge on any atom is -0.481 e. The number of nitrogens with zero attached hydrogens (tertiary/aromatic N) is 1. The van der Waals surface area contributed by atoms with Crippen molar-refractivity contribution in [3.05, 3.63) is 95.6 Å². The summed E-state index contributed by atoms with van der Waals surface area (Å²) in [5.74, 6) is -1.43. The molecule has 1 aliphatic heterocycles. The van der Waals surface area contributed by atoms with Crippen LogP contribution in [0, 0.1) is 11.8 Å². The number of carboxylic acids is 1. The Balaban J connectivity index is 1.18. The van der Waals surface area contributed by atoms with E-state index in [1.165, 1.54) is 21.6 Å². The van der Waals surface area contributed by atoms with Crippen molar-refractivity contribution in [2.24, 2.45) is 11.8 Å². The highest BCUT2D eigenvalue weighted by molar-refractivity contribution is 7.99. The van der Waals surface area contributed by atoms with Gasteiger partial charge in [0.25, 0.3) is 11.8 Å². The molecule has 178 valence electrons. The molecule has 1 saturated carbocycles. The summed E-state index contributed by atoms with van der Waals surface area (Å²) in [6.45, 7) is 0.168. The van der Waals surface area contributed by atoms with Gasteiger partial charge in [-0.15, -0.1) is 0 Å². The Bertz CT molecular complexity index is 1210. The molecule has 6 heteroatoms. The lowest BCUT2D eigenvalue weighted by atomic mass is 9.95. The van der Waals surface area contributed by atoms with E-state index < -0.39 is 11.9 Å². The van der Waals surface area contributed by atoms with Crippen LogP contribution in [0.25, 0.3) is 11.1 Å². The second kappa shape index (κ2) is 10.1. The van der Waals surface area contributed by atoms with Crippen molar-refractivity contribution in [1.82, 2.24) is 4.90 Å². The SMILES string of the molecule is O=C(O)[C@H]1[C@H](CN2C(=O)c3ccccc3C2=O)CC[C@@H]1SCCc1ccc(-c2ccccc2)cc1. The van der Waals surface area contributed by atoms with E-state index in [0.29, 0.717) is 17.5 Å². The third-order valence-electron chi connectivity index (χ3n) is 7.09. The Labute approximate surface area is 209 Å². The van der Waals surface area contributed by atoms with Crippen LogP contribution in [0.15, 0.2) is 78.9 Å². The van der Waals surface area contributed by atoms with Crippen LogP contribution >= 0.6 is 11.8 Å². The first-order chi connectivity index (χ1) is 17.0. The van der Waals surface area contributed by atoms with E-state index >= 15 is 0 Å². The van der Waals surface area contributed by atoms with E-state index in [1.54, 1.807) is 36.0 Å². The monoisotopic (exact) mass is 485 g/mol. The molecule has 1 fully saturated rings. The molecular formula is C29H27NO4S. The highest BCUT2D eigenvalue weighted by Crippen LogP contribution is 2.41. The number of carbonyl (C=O) groups is 3. The van der Waals surface area contributed by atoms with E-state index in [0.717, 1.165) is 18.6 Å². The zero-order chi connectivity index (χ0) is 24.4. The summed E-state index contributed by atoms with van der Waals surface area (Å²) in [6.07, 6.45) is 2.35. The lowest BCUT2D eigenvalue weighted by Gasteiger charge is -2.24. The zero-order valence-corrected chi connectivity index (χ0v) is 20.1. The average molecular weight is 486 g/mol. The first-order valence-corrected chi connectivity index (χ1v) is 13.0. The summed E-state index contributed by atoms with van der Waals surface area (Å²) in [7, 11) is 0. The first kappa shape index (κ1) is 23.4. The highest BCUT2D eigenvalue weighted by atomic mass is 32.2. The predicted molar refractivity (Wildman–Crippen MR) is 137 cm³/mol. The second-order valence-corrected chi connectivity index (χ2v) is 10.5. The molecule has 0 aromatic heterocycles. The lowest BCUT2D eigenvalue weighted by Crippen LogP contribution is -2.38. The number of hydrogen-bond acceptors (Lipinski definition) is 4. The van der Waals surface area contributed by atoms with Gasteiger partial charge in [0.15, 0.2) is 0 Å². The molecule has 2 amide bonds. The van der Waals surface area contributed by atoms with Gasteiger partial charge in [-0.2, -0.15) is 11.8 Å². The Hall–Kier alpha value is -3.38. The molecule has 35 heavy (non-hydrogen) atoms. The standard InChI is InChI=1S/C29H27NO4S/c31-27-23-8-4-5-9-24(23)28(32)30(27)18-22-14-15-25(26(22)29(33)34)35-17-16-19-10-12-21(13-11-19)20-6-2-1-3-7-20/h1-13,22,25-26H,14-18H2,(H,33,34)/t22-,25-,26-/m0/s1. The van der Waals surface area contributed by atoms with Gasteiger partial charge in [0.1, 0.15) is 0 Å². The number of thioether (sulfide) groups is 1. The van der Waals surface area contributed by atoms with Crippen molar-refractivity contribution >= 4 is 29.5 Å². The maximum absolute atomic E-state index is 12.7. The number of benzene rings is 3. The maximum atomic E-state index is 12.7. The average Bonchev–Trinajstić information content (AvgIpc) is 3.40. The summed E-state index contributed by atoms with van der Waals surface area (Å²) in [5, 5.41) is 9.97. The molecule has 0 bridgehead atoms. The molecule has 0 radical (unpaired) electrons. The van der Waals surface area contributed by atoms with Gasteiger partial charge < -0.3 is 5.11 Å². The van der Waals surface area contributed by atoms with Crippen LogP contribution in [0.5, 0.6) is 0 Å². The van der Waals surface area contributed by atoms with E-state index in [2.05, 4.69) is 36.4 Å². The van der Waals surface area contributed by atoms with Crippen LogP contribution < -0.4 is 0 Å². The van der Waals surface area contributed by atoms with Crippen LogP contribution in [0.1, 0.15) is 39.1 Å². The van der Waals surface area contributed by atoms with Crippen molar-refractivity contribution in [3.63, 3.8) is 0 Å². The number of hydrogen-bond donors (Lipinski definition) is 1. The quantitative estimate of drug-likeness (QED) is 0.432. The number of fused-ring (bicyclic) bond motifs is 1. The number of aliphatic carboxylic acids is 1. The van der Waals surface area contributed by atoms with Crippen molar-refractivity contribution < 1.29 is 19.5 Å². The van der Waals surface area contributed by atoms with Gasteiger partial charge in [-0.05, 0) is 59.8 Å². The normalized spacial score (nSPS) is 21.4. The molecule has 5 nitrogen and oxygen atoms in total. The van der Waals surface area contributed by atoms with Gasteiger partial charge >= 0.3 is 5.97 Å². The minimum absolute atomic E-state index is 0.0173. The highest BCUT2D eigenvalue weighted by Gasteiger charge is 2.45. The predicted octanol–water partition coefficient (Wildman–Crippen LogP) is 5.40.